The number of aromatic hydroxyl groups is 2. The number of aliphatic imine (C=N–C) groups is 2. The molecule has 12 rings (SSSR count). The van der Waals surface area contributed by atoms with Gasteiger partial charge in [-0.05, 0) is 107 Å². The van der Waals surface area contributed by atoms with Crippen LogP contribution in [0.3, 0.4) is 0 Å². The fourth-order valence-electron chi connectivity index (χ4n) is 10.8. The van der Waals surface area contributed by atoms with Gasteiger partial charge >= 0.3 is 0 Å². The van der Waals surface area contributed by atoms with Crippen LogP contribution in [0.5, 0.6) is 11.5 Å². The van der Waals surface area contributed by atoms with Crippen molar-refractivity contribution < 1.29 is 37.2 Å². The number of benzene rings is 11. The third-order valence-corrected chi connectivity index (χ3v) is 14.3. The van der Waals surface area contributed by atoms with Gasteiger partial charge in [0.05, 0.1) is 0 Å². The summed E-state index contributed by atoms with van der Waals surface area (Å²) in [5, 5.41) is 39.1. The summed E-state index contributed by atoms with van der Waals surface area (Å²) < 4.78 is 0. The molecule has 3 N–H and O–H groups in total. The van der Waals surface area contributed by atoms with Crippen molar-refractivity contribution in [3.05, 3.63) is 276 Å². The van der Waals surface area contributed by atoms with Gasteiger partial charge in [0, 0.05) is 64.2 Å². The van der Waals surface area contributed by atoms with Crippen LogP contribution in [0.4, 0.5) is 0 Å². The Balaban J connectivity index is 0.00000130. The standard InChI is InChI=1S/C68H50N2O2.C2H4O2.Mn/c71-67-53(41-51-31-15-19-35-57(51)63(67)61-55-33-17-13-25-47(55)37-39-59(61)45-21-5-1-6-22-45)43-69-65(49-27-9-3-10-28-49)66(50-29-11-4-12-30-50)70-44-54-42-52-32-16-20-36-58(52)64(68(54)72)62-56-34-18-14-26-48(56)38-40-60(62)46-23-7-2-8-24-46;1-2(3)4;/h1-25,27-33,35-44,65-66,71-72H,26,34H2;1H3,(H,3,4);. The molecule has 7 heteroatoms. The smallest absolute Gasteiger partial charge is 0.300 e. The Morgan fingerprint density at radius 1 is 0.442 bits per heavy atom. The first-order valence-corrected chi connectivity index (χ1v) is 25.6. The zero-order chi connectivity index (χ0) is 52.0. The fraction of sp³-hybridized carbons (Fsp3) is 0.0714. The molecule has 0 heterocycles. The molecule has 0 aliphatic heterocycles. The molecule has 0 amide bonds. The Bertz CT molecular complexity index is 4000. The molecule has 1 radical (unpaired) electrons. The molecule has 0 spiro atoms. The van der Waals surface area contributed by atoms with E-state index >= 15 is 0 Å². The van der Waals surface area contributed by atoms with E-state index in [0.717, 1.165) is 108 Å². The van der Waals surface area contributed by atoms with Crippen LogP contribution in [0.2, 0.25) is 0 Å². The summed E-state index contributed by atoms with van der Waals surface area (Å²) in [5.41, 5.74) is 13.5. The minimum absolute atomic E-state index is 0. The molecule has 0 fully saturated rings. The molecule has 1 aliphatic carbocycles. The first-order chi connectivity index (χ1) is 37.3. The van der Waals surface area contributed by atoms with Gasteiger partial charge in [0.2, 0.25) is 0 Å². The molecule has 11 aromatic carbocycles. The monoisotopic (exact) mass is 1040 g/mol. The number of rotatable bonds is 11. The van der Waals surface area contributed by atoms with Gasteiger partial charge in [-0.2, -0.15) is 0 Å². The maximum atomic E-state index is 12.8. The van der Waals surface area contributed by atoms with Crippen molar-refractivity contribution in [1.82, 2.24) is 0 Å². The largest absolute Gasteiger partial charge is 0.507 e. The van der Waals surface area contributed by atoms with E-state index in [1.165, 1.54) is 11.1 Å². The van der Waals surface area contributed by atoms with Crippen LogP contribution in [0, 0.1) is 0 Å². The molecular weight excluding hydrogens is 988 g/mol. The van der Waals surface area contributed by atoms with E-state index in [9.17, 15) is 10.2 Å². The fourth-order valence-corrected chi connectivity index (χ4v) is 10.8. The predicted molar refractivity (Wildman–Crippen MR) is 314 cm³/mol. The van der Waals surface area contributed by atoms with Gasteiger partial charge in [0.15, 0.2) is 0 Å². The summed E-state index contributed by atoms with van der Waals surface area (Å²) in [5.74, 6) is -0.499. The number of allylic oxidation sites excluding steroid dienone is 2. The average Bonchev–Trinajstić information content (AvgIpc) is 3.57. The summed E-state index contributed by atoms with van der Waals surface area (Å²) in [4.78, 5) is 19.9. The number of hydrogen-bond acceptors (Lipinski definition) is 5. The number of phenolic OH excluding ortho intramolecular Hbond substituents is 2. The molecule has 0 saturated heterocycles. The predicted octanol–water partition coefficient (Wildman–Crippen LogP) is 17.0. The Kier molecular flexibility index (Phi) is 15.5. The second-order valence-corrected chi connectivity index (χ2v) is 19.1. The second kappa shape index (κ2) is 23.2. The zero-order valence-electron chi connectivity index (χ0n) is 42.3. The van der Waals surface area contributed by atoms with E-state index in [2.05, 4.69) is 164 Å². The molecule has 0 bridgehead atoms. The molecule has 11 aromatic rings. The van der Waals surface area contributed by atoms with Crippen molar-refractivity contribution in [1.29, 1.82) is 0 Å². The molecule has 2 unspecified atom stereocenters. The number of carboxylic acid groups (broad SMARTS) is 1. The van der Waals surface area contributed by atoms with Crippen LogP contribution in [-0.2, 0) is 34.7 Å². The SMILES string of the molecule is CC(=O)O.Oc1c(C=NC(c2ccccc2)C(N=Cc2cc3ccccc3c(-c3c(-c4ccccc4)ccc4ccccc34)c2O)c2ccccc2)cc2ccccc2c1-c1c(-c2ccccc2)ccc2c1CC=CC2.[Mn]. The van der Waals surface area contributed by atoms with Crippen LogP contribution >= 0.6 is 0 Å². The summed E-state index contributed by atoms with van der Waals surface area (Å²) in [6, 6.07) is 78.1. The van der Waals surface area contributed by atoms with E-state index in [4.69, 9.17) is 19.9 Å². The van der Waals surface area contributed by atoms with Crippen LogP contribution in [-0.4, -0.2) is 33.7 Å². The Labute approximate surface area is 459 Å². The van der Waals surface area contributed by atoms with E-state index in [1.54, 1.807) is 0 Å². The Morgan fingerprint density at radius 3 is 1.31 bits per heavy atom. The Morgan fingerprint density at radius 2 is 0.818 bits per heavy atom. The minimum Gasteiger partial charge on any atom is -0.507 e. The number of aliphatic carboxylic acids is 1. The summed E-state index contributed by atoms with van der Waals surface area (Å²) in [6.07, 6.45) is 9.75. The molecule has 77 heavy (non-hydrogen) atoms. The van der Waals surface area contributed by atoms with E-state index in [1.807, 2.05) is 91.3 Å². The van der Waals surface area contributed by atoms with Gasteiger partial charge < -0.3 is 15.3 Å². The molecule has 6 nitrogen and oxygen atoms in total. The van der Waals surface area contributed by atoms with Crippen LogP contribution in [0.1, 0.15) is 52.4 Å². The van der Waals surface area contributed by atoms with Gasteiger partial charge in [-0.1, -0.05) is 231 Å². The number of fused-ring (bicyclic) bond motifs is 4. The third kappa shape index (κ3) is 10.6. The number of hydrogen-bond donors (Lipinski definition) is 3. The van der Waals surface area contributed by atoms with Gasteiger partial charge in [-0.3, -0.25) is 14.8 Å². The normalized spacial score (nSPS) is 12.7. The molecule has 2 atom stereocenters. The van der Waals surface area contributed by atoms with Crippen molar-refractivity contribution in [2.75, 3.05) is 0 Å². The maximum absolute atomic E-state index is 12.8. The van der Waals surface area contributed by atoms with Gasteiger partial charge in [0.1, 0.15) is 23.6 Å². The van der Waals surface area contributed by atoms with Crippen LogP contribution in [0.25, 0.3) is 76.8 Å². The van der Waals surface area contributed by atoms with Gasteiger partial charge in [0.25, 0.3) is 5.97 Å². The van der Waals surface area contributed by atoms with Crippen LogP contribution in [0.15, 0.2) is 253 Å². The number of carbonyl (C=O) groups is 1. The summed E-state index contributed by atoms with van der Waals surface area (Å²) in [6.45, 7) is 1.08. The molecule has 0 aromatic heterocycles. The van der Waals surface area contributed by atoms with Crippen molar-refractivity contribution in [3.63, 3.8) is 0 Å². The number of nitrogens with zero attached hydrogens (tertiary/aromatic N) is 2. The first-order valence-electron chi connectivity index (χ1n) is 25.6. The van der Waals surface area contributed by atoms with Crippen molar-refractivity contribution in [3.8, 4) is 56.0 Å². The first kappa shape index (κ1) is 51.4. The van der Waals surface area contributed by atoms with E-state index < -0.39 is 18.1 Å². The van der Waals surface area contributed by atoms with Crippen molar-refractivity contribution in [2.45, 2.75) is 31.8 Å². The number of phenols is 2. The molecule has 1 aliphatic rings. The molecule has 0 saturated carbocycles. The van der Waals surface area contributed by atoms with Crippen LogP contribution < -0.4 is 0 Å². The van der Waals surface area contributed by atoms with E-state index in [-0.39, 0.29) is 28.6 Å². The van der Waals surface area contributed by atoms with Gasteiger partial charge in [-0.25, -0.2) is 0 Å². The topological polar surface area (TPSA) is 102 Å². The molecule has 375 valence electrons. The Hall–Kier alpha value is -9.13. The summed E-state index contributed by atoms with van der Waals surface area (Å²) in [7, 11) is 0. The summed E-state index contributed by atoms with van der Waals surface area (Å²) >= 11 is 0. The molecular formula is C70H54MnN2O4. The third-order valence-electron chi connectivity index (χ3n) is 14.3. The second-order valence-electron chi connectivity index (χ2n) is 19.1. The zero-order valence-corrected chi connectivity index (χ0v) is 43.5. The van der Waals surface area contributed by atoms with Gasteiger partial charge in [-0.15, -0.1) is 0 Å². The quantitative estimate of drug-likeness (QED) is 0.0682. The number of carboxylic acids is 1. The van der Waals surface area contributed by atoms with E-state index in [0.29, 0.717) is 11.1 Å². The van der Waals surface area contributed by atoms with Crippen molar-refractivity contribution in [2.24, 2.45) is 9.98 Å². The maximum Gasteiger partial charge on any atom is 0.300 e. The van der Waals surface area contributed by atoms with Crippen molar-refractivity contribution >= 4 is 50.7 Å². The minimum atomic E-state index is -0.833. The average molecular weight is 1040 g/mol.